The fourth-order valence-electron chi connectivity index (χ4n) is 2.22. The predicted octanol–water partition coefficient (Wildman–Crippen LogP) is 4.24. The monoisotopic (exact) mass is 256 g/mol. The minimum absolute atomic E-state index is 0.705. The molecule has 0 spiro atoms. The highest BCUT2D eigenvalue weighted by Crippen LogP contribution is 2.26. The first-order chi connectivity index (χ1) is 8.81. The maximum absolute atomic E-state index is 6.21. The number of imidazole rings is 1. The van der Waals surface area contributed by atoms with Crippen LogP contribution in [0.4, 0.5) is 0 Å². The molecule has 2 nitrogen and oxygen atoms in total. The zero-order valence-electron chi connectivity index (χ0n) is 10.1. The molecule has 1 heterocycles. The maximum atomic E-state index is 6.21. The highest BCUT2D eigenvalue weighted by Gasteiger charge is 2.12. The summed E-state index contributed by atoms with van der Waals surface area (Å²) < 4.78 is 2.17. The van der Waals surface area contributed by atoms with Crippen molar-refractivity contribution in [3.05, 3.63) is 59.4 Å². The smallest absolute Gasteiger partial charge is 0.114 e. The Morgan fingerprint density at radius 3 is 2.56 bits per heavy atom. The Kier molecular flexibility index (Phi) is 2.80. The number of nitrogens with zero attached hydrogens (tertiary/aromatic N) is 2. The third-order valence-corrected chi connectivity index (χ3v) is 3.34. The van der Waals surface area contributed by atoms with Gasteiger partial charge in [0.15, 0.2) is 0 Å². The summed E-state index contributed by atoms with van der Waals surface area (Å²) in [5.41, 5.74) is 3.06. The molecule has 2 aromatic carbocycles. The third-order valence-electron chi connectivity index (χ3n) is 3.04. The number of benzene rings is 2. The molecular weight excluding hydrogens is 244 g/mol. The highest BCUT2D eigenvalue weighted by atomic mass is 35.5. The zero-order chi connectivity index (χ0) is 12.5. The molecule has 0 amide bonds. The summed E-state index contributed by atoms with van der Waals surface area (Å²) in [6, 6.07) is 16.1. The lowest BCUT2D eigenvalue weighted by atomic mass is 10.2. The van der Waals surface area contributed by atoms with E-state index in [9.17, 15) is 0 Å². The van der Waals surface area contributed by atoms with E-state index in [0.29, 0.717) is 5.02 Å². The number of halogens is 1. The maximum Gasteiger partial charge on any atom is 0.114 e. The summed E-state index contributed by atoms with van der Waals surface area (Å²) >= 11 is 6.21. The van der Waals surface area contributed by atoms with Crippen LogP contribution in [0, 0.1) is 0 Å². The van der Waals surface area contributed by atoms with Gasteiger partial charge in [0.1, 0.15) is 11.3 Å². The Bertz CT molecular complexity index is 686. The van der Waals surface area contributed by atoms with Crippen LogP contribution in [0.15, 0.2) is 48.5 Å². The molecule has 0 atom stereocenters. The van der Waals surface area contributed by atoms with Crippen molar-refractivity contribution in [2.75, 3.05) is 0 Å². The molecule has 3 rings (SSSR count). The molecule has 3 aromatic rings. The number of fused-ring (bicyclic) bond motifs is 1. The second kappa shape index (κ2) is 4.46. The van der Waals surface area contributed by atoms with Crippen LogP contribution in [0.5, 0.6) is 0 Å². The topological polar surface area (TPSA) is 17.8 Å². The van der Waals surface area contributed by atoms with Crippen LogP contribution < -0.4 is 0 Å². The van der Waals surface area contributed by atoms with E-state index in [-0.39, 0.29) is 0 Å². The number of rotatable bonds is 2. The average molecular weight is 257 g/mol. The van der Waals surface area contributed by atoms with E-state index >= 15 is 0 Å². The van der Waals surface area contributed by atoms with Gasteiger partial charge in [0, 0.05) is 12.1 Å². The molecule has 18 heavy (non-hydrogen) atoms. The van der Waals surface area contributed by atoms with Gasteiger partial charge in [-0.2, -0.15) is 0 Å². The summed E-state index contributed by atoms with van der Waals surface area (Å²) in [4.78, 5) is 4.64. The van der Waals surface area contributed by atoms with E-state index in [0.717, 1.165) is 29.0 Å². The summed E-state index contributed by atoms with van der Waals surface area (Å²) in [7, 11) is 0. The standard InChI is InChI=1S/C15H13ClN2/c1-2-14-17-15-12(16)9-6-10-13(15)18(14)11-7-4-3-5-8-11/h3-10H,2H2,1H3. The number of aromatic nitrogens is 2. The van der Waals surface area contributed by atoms with Crippen LogP contribution in [-0.4, -0.2) is 9.55 Å². The molecule has 3 heteroatoms. The van der Waals surface area contributed by atoms with Crippen molar-refractivity contribution in [3.8, 4) is 5.69 Å². The van der Waals surface area contributed by atoms with Crippen molar-refractivity contribution in [1.29, 1.82) is 0 Å². The average Bonchev–Trinajstić information content (AvgIpc) is 2.80. The fraction of sp³-hybridized carbons (Fsp3) is 0.133. The summed E-state index contributed by atoms with van der Waals surface area (Å²) in [5, 5.41) is 0.705. The van der Waals surface area contributed by atoms with Gasteiger partial charge in [-0.3, -0.25) is 4.57 Å². The number of para-hydroxylation sites is 2. The van der Waals surface area contributed by atoms with Crippen LogP contribution >= 0.6 is 11.6 Å². The van der Waals surface area contributed by atoms with Crippen molar-refractivity contribution in [3.63, 3.8) is 0 Å². The normalized spacial score (nSPS) is 11.0. The van der Waals surface area contributed by atoms with Gasteiger partial charge >= 0.3 is 0 Å². The first-order valence-corrected chi connectivity index (χ1v) is 6.40. The van der Waals surface area contributed by atoms with E-state index in [2.05, 4.69) is 34.7 Å². The van der Waals surface area contributed by atoms with Gasteiger partial charge < -0.3 is 0 Å². The van der Waals surface area contributed by atoms with Crippen molar-refractivity contribution in [2.24, 2.45) is 0 Å². The first-order valence-electron chi connectivity index (χ1n) is 6.02. The van der Waals surface area contributed by atoms with E-state index < -0.39 is 0 Å². The van der Waals surface area contributed by atoms with Gasteiger partial charge in [-0.05, 0) is 24.3 Å². The van der Waals surface area contributed by atoms with E-state index in [4.69, 9.17) is 11.6 Å². The molecule has 0 saturated carbocycles. The molecule has 90 valence electrons. The summed E-state index contributed by atoms with van der Waals surface area (Å²) in [5.74, 6) is 1.03. The number of aryl methyl sites for hydroxylation is 1. The Balaban J connectivity index is 2.37. The SMILES string of the molecule is CCc1nc2c(Cl)cccc2n1-c1ccccc1. The van der Waals surface area contributed by atoms with Gasteiger partial charge in [0.25, 0.3) is 0 Å². The summed E-state index contributed by atoms with van der Waals surface area (Å²) in [6.07, 6.45) is 0.875. The van der Waals surface area contributed by atoms with Crippen molar-refractivity contribution >= 4 is 22.6 Å². The predicted molar refractivity (Wildman–Crippen MR) is 75.5 cm³/mol. The third kappa shape index (κ3) is 1.70. The van der Waals surface area contributed by atoms with Gasteiger partial charge in [0.05, 0.1) is 10.5 Å². The lowest BCUT2D eigenvalue weighted by Gasteiger charge is -2.07. The Morgan fingerprint density at radius 2 is 1.83 bits per heavy atom. The molecule has 0 saturated heterocycles. The largest absolute Gasteiger partial charge is 0.296 e. The van der Waals surface area contributed by atoms with Crippen molar-refractivity contribution < 1.29 is 0 Å². The minimum atomic E-state index is 0.705. The molecule has 0 radical (unpaired) electrons. The molecule has 0 aliphatic rings. The van der Waals surface area contributed by atoms with Crippen LogP contribution in [0.2, 0.25) is 5.02 Å². The number of hydrogen-bond acceptors (Lipinski definition) is 1. The van der Waals surface area contributed by atoms with E-state index in [1.807, 2.05) is 30.3 Å². The van der Waals surface area contributed by atoms with Gasteiger partial charge in [0.2, 0.25) is 0 Å². The summed E-state index contributed by atoms with van der Waals surface area (Å²) in [6.45, 7) is 2.11. The molecule has 0 fully saturated rings. The van der Waals surface area contributed by atoms with Crippen molar-refractivity contribution in [2.45, 2.75) is 13.3 Å². The van der Waals surface area contributed by atoms with Crippen LogP contribution in [0.3, 0.4) is 0 Å². The molecule has 0 aliphatic heterocycles. The Morgan fingerprint density at radius 1 is 1.06 bits per heavy atom. The van der Waals surface area contributed by atoms with Gasteiger partial charge in [-0.15, -0.1) is 0 Å². The quantitative estimate of drug-likeness (QED) is 0.671. The lowest BCUT2D eigenvalue weighted by Crippen LogP contribution is -1.99. The fourth-order valence-corrected chi connectivity index (χ4v) is 2.43. The Hall–Kier alpha value is -1.80. The first kappa shape index (κ1) is 11.3. The van der Waals surface area contributed by atoms with Crippen molar-refractivity contribution in [1.82, 2.24) is 9.55 Å². The van der Waals surface area contributed by atoms with Crippen LogP contribution in [0.25, 0.3) is 16.7 Å². The molecule has 0 N–H and O–H groups in total. The number of hydrogen-bond donors (Lipinski definition) is 0. The van der Waals surface area contributed by atoms with E-state index in [1.54, 1.807) is 0 Å². The zero-order valence-corrected chi connectivity index (χ0v) is 10.9. The van der Waals surface area contributed by atoms with E-state index in [1.165, 1.54) is 0 Å². The minimum Gasteiger partial charge on any atom is -0.296 e. The van der Waals surface area contributed by atoms with Gasteiger partial charge in [-0.1, -0.05) is 42.8 Å². The molecule has 1 aromatic heterocycles. The van der Waals surface area contributed by atoms with Crippen LogP contribution in [0.1, 0.15) is 12.7 Å². The molecular formula is C15H13ClN2. The lowest BCUT2D eigenvalue weighted by molar-refractivity contribution is 0.908. The van der Waals surface area contributed by atoms with Crippen LogP contribution in [-0.2, 0) is 6.42 Å². The molecule has 0 aliphatic carbocycles. The molecule has 0 bridgehead atoms. The second-order valence-corrected chi connectivity index (χ2v) is 4.57. The highest BCUT2D eigenvalue weighted by molar-refractivity contribution is 6.34. The second-order valence-electron chi connectivity index (χ2n) is 4.16. The Labute approximate surface area is 111 Å². The molecule has 0 unspecified atom stereocenters. The van der Waals surface area contributed by atoms with Gasteiger partial charge in [-0.25, -0.2) is 4.98 Å².